The predicted molar refractivity (Wildman–Crippen MR) is 181 cm³/mol. The molecule has 1 N–H and O–H groups in total. The van der Waals surface area contributed by atoms with Gasteiger partial charge >= 0.3 is 6.09 Å². The van der Waals surface area contributed by atoms with Crippen LogP contribution in [0.15, 0.2) is 70.6 Å². The van der Waals surface area contributed by atoms with Crippen molar-refractivity contribution < 1.29 is 19.1 Å². The lowest BCUT2D eigenvalue weighted by Crippen LogP contribution is -2.33. The van der Waals surface area contributed by atoms with Gasteiger partial charge in [0.25, 0.3) is 5.91 Å². The second-order valence-corrected chi connectivity index (χ2v) is 13.9. The van der Waals surface area contributed by atoms with Gasteiger partial charge in [-0.1, -0.05) is 30.3 Å². The molecule has 1 aliphatic heterocycles. The lowest BCUT2D eigenvalue weighted by atomic mass is 10.1. The van der Waals surface area contributed by atoms with Crippen molar-refractivity contribution in [1.29, 1.82) is 0 Å². The Hall–Kier alpha value is -4.15. The summed E-state index contributed by atoms with van der Waals surface area (Å²) in [6.45, 7) is 9.36. The number of carbonyl (C=O) groups excluding carboxylic acids is 2. The number of piperidine rings is 1. The molecule has 240 valence electrons. The largest absolute Gasteiger partial charge is 0.491 e. The third kappa shape index (κ3) is 8.35. The zero-order valence-electron chi connectivity index (χ0n) is 26.7. The highest BCUT2D eigenvalue weighted by molar-refractivity contribution is 7.99. The second kappa shape index (κ2) is 14.1. The van der Waals surface area contributed by atoms with Crippen molar-refractivity contribution in [2.24, 2.45) is 0 Å². The van der Waals surface area contributed by atoms with E-state index in [4.69, 9.17) is 9.47 Å². The number of hydrogen-bond acceptors (Lipinski definition) is 8. The number of fused-ring (bicyclic) bond motifs is 1. The Morgan fingerprint density at radius 3 is 2.57 bits per heavy atom. The highest BCUT2D eigenvalue weighted by Gasteiger charge is 2.25. The molecular weight excluding hydrogens is 598 g/mol. The van der Waals surface area contributed by atoms with Crippen molar-refractivity contribution in [3.63, 3.8) is 0 Å². The Morgan fingerprint density at radius 1 is 1.02 bits per heavy atom. The van der Waals surface area contributed by atoms with Gasteiger partial charge in [-0.05, 0) is 114 Å². The first kappa shape index (κ1) is 31.8. The zero-order valence-corrected chi connectivity index (χ0v) is 27.5. The van der Waals surface area contributed by atoms with E-state index in [1.54, 1.807) is 6.20 Å². The summed E-state index contributed by atoms with van der Waals surface area (Å²) in [4.78, 5) is 34.9. The van der Waals surface area contributed by atoms with Crippen LogP contribution in [0.4, 0.5) is 4.79 Å². The average molecular weight is 640 g/mol. The molecule has 46 heavy (non-hydrogen) atoms. The van der Waals surface area contributed by atoms with Crippen molar-refractivity contribution in [3.05, 3.63) is 77.7 Å². The van der Waals surface area contributed by atoms with Gasteiger partial charge in [-0.2, -0.15) is 9.78 Å². The van der Waals surface area contributed by atoms with E-state index in [1.807, 2.05) is 87.5 Å². The number of hydrogen-bond donors (Lipinski definition) is 1. The highest BCUT2D eigenvalue weighted by Crippen LogP contribution is 2.34. The lowest BCUT2D eigenvalue weighted by molar-refractivity contribution is 0.0522. The molecule has 1 saturated carbocycles. The Bertz CT molecular complexity index is 1720. The topological polar surface area (TPSA) is 98.6 Å². The normalized spacial score (nSPS) is 15.7. The third-order valence-electron chi connectivity index (χ3n) is 7.82. The molecule has 2 aliphatic rings. The first-order valence-corrected chi connectivity index (χ1v) is 16.9. The molecule has 9 nitrogen and oxygen atoms in total. The summed E-state index contributed by atoms with van der Waals surface area (Å²) in [5.41, 5.74) is 1.92. The van der Waals surface area contributed by atoms with Crippen LogP contribution < -0.4 is 10.1 Å². The van der Waals surface area contributed by atoms with Crippen LogP contribution in [0.25, 0.3) is 23.1 Å². The van der Waals surface area contributed by atoms with Gasteiger partial charge < -0.3 is 14.8 Å². The fourth-order valence-electron chi connectivity index (χ4n) is 5.33. The molecular formula is C36H41N5O4S. The molecule has 3 heterocycles. The fraction of sp³-hybridized carbons (Fsp3) is 0.389. The number of nitrogens with zero attached hydrogens (tertiary/aromatic N) is 4. The molecule has 10 heteroatoms. The minimum atomic E-state index is -0.687. The van der Waals surface area contributed by atoms with Crippen LogP contribution in [0.3, 0.4) is 0 Å². The van der Waals surface area contributed by atoms with Crippen LogP contribution in [0.5, 0.6) is 5.75 Å². The molecule has 6 rings (SSSR count). The molecule has 0 unspecified atom stereocenters. The van der Waals surface area contributed by atoms with E-state index in [0.717, 1.165) is 59.1 Å². The highest BCUT2D eigenvalue weighted by atomic mass is 32.2. The minimum Gasteiger partial charge on any atom is -0.491 e. The number of amides is 1. The van der Waals surface area contributed by atoms with Crippen LogP contribution in [0.2, 0.25) is 0 Å². The molecule has 2 fully saturated rings. The minimum absolute atomic E-state index is 0.0662. The summed E-state index contributed by atoms with van der Waals surface area (Å²) in [5.74, 6) is 0.675. The van der Waals surface area contributed by atoms with Crippen molar-refractivity contribution in [1.82, 2.24) is 25.0 Å². The third-order valence-corrected chi connectivity index (χ3v) is 8.88. The molecule has 0 atom stereocenters. The second-order valence-electron chi connectivity index (χ2n) is 12.8. The smallest absolute Gasteiger partial charge is 0.435 e. The number of ether oxygens (including phenoxy) is 2. The van der Waals surface area contributed by atoms with Gasteiger partial charge in [-0.3, -0.25) is 14.7 Å². The number of carbonyl (C=O) groups is 2. The Kier molecular flexibility index (Phi) is 9.75. The van der Waals surface area contributed by atoms with Crippen LogP contribution >= 0.6 is 11.8 Å². The van der Waals surface area contributed by atoms with Crippen molar-refractivity contribution in [2.75, 3.05) is 26.2 Å². The Balaban J connectivity index is 1.21. The van der Waals surface area contributed by atoms with E-state index in [2.05, 4.69) is 20.3 Å². The maximum absolute atomic E-state index is 13.3. The summed E-state index contributed by atoms with van der Waals surface area (Å²) in [7, 11) is 0. The molecule has 2 aromatic carbocycles. The fourth-order valence-corrected chi connectivity index (χ4v) is 6.30. The summed E-state index contributed by atoms with van der Waals surface area (Å²) < 4.78 is 12.9. The van der Waals surface area contributed by atoms with E-state index in [-0.39, 0.29) is 11.9 Å². The first-order valence-electron chi connectivity index (χ1n) is 16.0. The van der Waals surface area contributed by atoms with Crippen molar-refractivity contribution in [2.45, 2.75) is 74.3 Å². The van der Waals surface area contributed by atoms with E-state index in [1.165, 1.54) is 35.7 Å². The summed E-state index contributed by atoms with van der Waals surface area (Å²) in [5, 5.41) is 8.52. The van der Waals surface area contributed by atoms with Crippen LogP contribution in [0, 0.1) is 0 Å². The zero-order chi connectivity index (χ0) is 32.1. The average Bonchev–Trinajstić information content (AvgIpc) is 3.78. The van der Waals surface area contributed by atoms with Gasteiger partial charge in [-0.15, -0.1) is 0 Å². The van der Waals surface area contributed by atoms with Crippen LogP contribution in [-0.2, 0) is 4.74 Å². The predicted octanol–water partition coefficient (Wildman–Crippen LogP) is 7.29. The van der Waals surface area contributed by atoms with Gasteiger partial charge in [0.2, 0.25) is 0 Å². The number of benzene rings is 2. The molecule has 2 aromatic heterocycles. The van der Waals surface area contributed by atoms with Gasteiger partial charge in [0.05, 0.1) is 28.7 Å². The molecule has 4 aromatic rings. The monoisotopic (exact) mass is 639 g/mol. The van der Waals surface area contributed by atoms with Gasteiger partial charge in [-0.25, -0.2) is 4.79 Å². The molecule has 0 bridgehead atoms. The SMILES string of the molecule is CC(C)(C)OC(=O)n1nc(/C=C/c2ccc(OCCN3CCCCC3)cn2)c2ccc(Sc3ccccc3C(=O)NC3CC3)cc21. The maximum Gasteiger partial charge on any atom is 0.435 e. The lowest BCUT2D eigenvalue weighted by Gasteiger charge is -2.26. The molecule has 0 spiro atoms. The maximum atomic E-state index is 13.3. The standard InChI is InChI=1S/C36H41N5O4S/c1-36(2,3)45-35(43)41-32-23-28(46-33-10-6-5-9-30(33)34(42)38-26-11-12-26)16-17-29(32)31(39-41)18-14-25-13-15-27(24-37-25)44-22-21-40-19-7-4-8-20-40/h5-6,9-10,13-18,23-24,26H,4,7-8,11-12,19-22H2,1-3H3,(H,38,42)/b18-14+. The quantitative estimate of drug-likeness (QED) is 0.193. The molecule has 1 amide bonds. The molecule has 1 aliphatic carbocycles. The number of nitrogens with one attached hydrogen (secondary N) is 1. The van der Waals surface area contributed by atoms with Crippen LogP contribution in [-0.4, -0.2) is 69.5 Å². The number of likely N-dealkylation sites (tertiary alicyclic amines) is 1. The number of pyridine rings is 1. The van der Waals surface area contributed by atoms with Crippen molar-refractivity contribution in [3.8, 4) is 5.75 Å². The molecule has 1 saturated heterocycles. The van der Waals surface area contributed by atoms with E-state index in [0.29, 0.717) is 23.4 Å². The number of aromatic nitrogens is 3. The van der Waals surface area contributed by atoms with Crippen molar-refractivity contribution >= 4 is 46.8 Å². The first-order chi connectivity index (χ1) is 22.2. The van der Waals surface area contributed by atoms with Gasteiger partial charge in [0.1, 0.15) is 18.0 Å². The summed E-state index contributed by atoms with van der Waals surface area (Å²) in [6, 6.07) is 17.5. The van der Waals surface area contributed by atoms with Gasteiger partial charge in [0.15, 0.2) is 0 Å². The summed E-state index contributed by atoms with van der Waals surface area (Å²) in [6.07, 6.45) is 10.8. The van der Waals surface area contributed by atoms with E-state index >= 15 is 0 Å². The number of rotatable bonds is 10. The Morgan fingerprint density at radius 2 is 1.83 bits per heavy atom. The van der Waals surface area contributed by atoms with Gasteiger partial charge in [0, 0.05) is 27.8 Å². The van der Waals surface area contributed by atoms with E-state index in [9.17, 15) is 9.59 Å². The van der Waals surface area contributed by atoms with Crippen LogP contribution in [0.1, 0.15) is 74.6 Å². The Labute approximate surface area is 274 Å². The molecule has 0 radical (unpaired) electrons. The summed E-state index contributed by atoms with van der Waals surface area (Å²) >= 11 is 1.48. The van der Waals surface area contributed by atoms with E-state index < -0.39 is 11.7 Å².